The van der Waals surface area contributed by atoms with E-state index in [4.69, 9.17) is 6.42 Å². The number of hydrogen-bond acceptors (Lipinski definition) is 0. The molecular formula is C29H26. The average molecular weight is 375 g/mol. The molecule has 0 heterocycles. The number of terminal acetylenes is 1. The predicted molar refractivity (Wildman–Crippen MR) is 123 cm³/mol. The fourth-order valence-electron chi connectivity index (χ4n) is 5.70. The van der Waals surface area contributed by atoms with Crippen LogP contribution in [0.25, 0.3) is 17.2 Å². The molecule has 2 aliphatic rings. The molecule has 0 amide bonds. The highest BCUT2D eigenvalue weighted by molar-refractivity contribution is 5.79. The van der Waals surface area contributed by atoms with Gasteiger partial charge in [-0.25, -0.2) is 0 Å². The van der Waals surface area contributed by atoms with Gasteiger partial charge in [-0.2, -0.15) is 0 Å². The van der Waals surface area contributed by atoms with Crippen LogP contribution in [-0.2, 0) is 17.3 Å². The van der Waals surface area contributed by atoms with Crippen molar-refractivity contribution in [3.8, 4) is 23.5 Å². The van der Waals surface area contributed by atoms with E-state index in [-0.39, 0.29) is 10.8 Å². The lowest BCUT2D eigenvalue weighted by molar-refractivity contribution is 0.301. The van der Waals surface area contributed by atoms with E-state index in [1.807, 2.05) is 0 Å². The van der Waals surface area contributed by atoms with Crippen LogP contribution >= 0.6 is 0 Å². The molecular weight excluding hydrogens is 348 g/mol. The third-order valence-electron chi connectivity index (χ3n) is 7.29. The van der Waals surface area contributed by atoms with E-state index in [9.17, 15) is 0 Å². The Kier molecular flexibility index (Phi) is 4.04. The third kappa shape index (κ3) is 2.47. The van der Waals surface area contributed by atoms with Crippen LogP contribution in [-0.4, -0.2) is 0 Å². The average Bonchev–Trinajstić information content (AvgIpc) is 3.31. The van der Waals surface area contributed by atoms with E-state index in [0.29, 0.717) is 0 Å². The second kappa shape index (κ2) is 6.50. The molecule has 29 heavy (non-hydrogen) atoms. The van der Waals surface area contributed by atoms with Gasteiger partial charge in [-0.05, 0) is 51.8 Å². The molecule has 3 aromatic carbocycles. The van der Waals surface area contributed by atoms with Gasteiger partial charge in [0.1, 0.15) is 0 Å². The van der Waals surface area contributed by atoms with Gasteiger partial charge in [0.15, 0.2) is 0 Å². The van der Waals surface area contributed by atoms with Gasteiger partial charge in [0.05, 0.1) is 0 Å². The fourth-order valence-corrected chi connectivity index (χ4v) is 5.70. The molecule has 0 heteroatoms. The van der Waals surface area contributed by atoms with Gasteiger partial charge in [0.2, 0.25) is 0 Å². The molecule has 0 aliphatic heterocycles. The largest absolute Gasteiger partial charge is 0.120 e. The van der Waals surface area contributed by atoms with Crippen molar-refractivity contribution in [2.24, 2.45) is 0 Å². The van der Waals surface area contributed by atoms with Crippen molar-refractivity contribution in [3.63, 3.8) is 0 Å². The molecule has 0 radical (unpaired) electrons. The summed E-state index contributed by atoms with van der Waals surface area (Å²) in [5, 5.41) is 0. The number of rotatable bonds is 4. The molecule has 0 spiro atoms. The zero-order valence-electron chi connectivity index (χ0n) is 17.2. The second-order valence-electron chi connectivity index (χ2n) is 8.89. The first-order valence-corrected chi connectivity index (χ1v) is 10.5. The number of allylic oxidation sites excluding steroid dienone is 1. The Morgan fingerprint density at radius 1 is 0.931 bits per heavy atom. The molecule has 1 unspecified atom stereocenters. The van der Waals surface area contributed by atoms with E-state index in [1.54, 1.807) is 0 Å². The SMILES string of the molecule is C#CCCC1(C(C)(C)c2cccc3c2Cc2ccccc2-3)C=Cc2ccccc21. The lowest BCUT2D eigenvalue weighted by Crippen LogP contribution is -2.43. The quantitative estimate of drug-likeness (QED) is 0.340. The summed E-state index contributed by atoms with van der Waals surface area (Å²) < 4.78 is 0. The van der Waals surface area contributed by atoms with E-state index in [1.165, 1.54) is 38.9 Å². The van der Waals surface area contributed by atoms with E-state index >= 15 is 0 Å². The van der Waals surface area contributed by atoms with Crippen molar-refractivity contribution >= 4 is 6.08 Å². The first kappa shape index (κ1) is 18.0. The molecule has 1 atom stereocenters. The summed E-state index contributed by atoms with van der Waals surface area (Å²) in [6, 6.07) is 24.5. The molecule has 2 aliphatic carbocycles. The molecule has 0 N–H and O–H groups in total. The number of fused-ring (bicyclic) bond motifs is 4. The smallest absolute Gasteiger partial charge is 0.0242 e. The summed E-state index contributed by atoms with van der Waals surface area (Å²) in [6.07, 6.45) is 13.2. The van der Waals surface area contributed by atoms with Gasteiger partial charge in [-0.15, -0.1) is 12.3 Å². The Morgan fingerprint density at radius 3 is 2.55 bits per heavy atom. The van der Waals surface area contributed by atoms with Crippen LogP contribution in [0.2, 0.25) is 0 Å². The Labute approximate surface area is 174 Å². The molecule has 142 valence electrons. The fraction of sp³-hybridized carbons (Fsp3) is 0.241. The first-order chi connectivity index (χ1) is 14.1. The minimum absolute atomic E-state index is 0.0830. The van der Waals surface area contributed by atoms with Crippen molar-refractivity contribution in [1.29, 1.82) is 0 Å². The molecule has 0 nitrogen and oxygen atoms in total. The maximum atomic E-state index is 5.74. The summed E-state index contributed by atoms with van der Waals surface area (Å²) in [4.78, 5) is 0. The summed E-state index contributed by atoms with van der Waals surface area (Å²) in [6.45, 7) is 4.82. The van der Waals surface area contributed by atoms with Crippen molar-refractivity contribution < 1.29 is 0 Å². The van der Waals surface area contributed by atoms with E-state index in [0.717, 1.165) is 19.3 Å². The lowest BCUT2D eigenvalue weighted by Gasteiger charge is -2.45. The van der Waals surface area contributed by atoms with Gasteiger partial charge in [0, 0.05) is 17.3 Å². The lowest BCUT2D eigenvalue weighted by atomic mass is 9.57. The van der Waals surface area contributed by atoms with E-state index < -0.39 is 0 Å². The maximum absolute atomic E-state index is 5.74. The van der Waals surface area contributed by atoms with Crippen LogP contribution in [0.3, 0.4) is 0 Å². The highest BCUT2D eigenvalue weighted by atomic mass is 14.5. The van der Waals surface area contributed by atoms with E-state index in [2.05, 4.69) is 98.6 Å². The Bertz CT molecular complexity index is 1170. The standard InChI is InChI=1S/C29H26/c1-4-5-18-29(19-17-21-11-7-9-15-26(21)29)28(2,3)27-16-10-14-24-23-13-8-6-12-22(23)20-25(24)27/h1,6-17,19H,5,18,20H2,2-3H3. The normalized spacial score (nSPS) is 18.8. The third-order valence-corrected chi connectivity index (χ3v) is 7.29. The highest BCUT2D eigenvalue weighted by Gasteiger charge is 2.49. The minimum atomic E-state index is -0.0974. The molecule has 0 bridgehead atoms. The molecule has 0 aromatic heterocycles. The van der Waals surface area contributed by atoms with Crippen LogP contribution in [0.4, 0.5) is 0 Å². The summed E-state index contributed by atoms with van der Waals surface area (Å²) >= 11 is 0. The number of benzene rings is 3. The van der Waals surface area contributed by atoms with Crippen LogP contribution in [0.15, 0.2) is 72.8 Å². The van der Waals surface area contributed by atoms with Crippen LogP contribution in [0.5, 0.6) is 0 Å². The topological polar surface area (TPSA) is 0 Å². The maximum Gasteiger partial charge on any atom is 0.0242 e. The zero-order chi connectivity index (χ0) is 20.1. The molecule has 0 saturated heterocycles. The van der Waals surface area contributed by atoms with Crippen molar-refractivity contribution in [2.75, 3.05) is 0 Å². The van der Waals surface area contributed by atoms with Crippen LogP contribution in [0.1, 0.15) is 54.5 Å². The van der Waals surface area contributed by atoms with Gasteiger partial charge >= 0.3 is 0 Å². The van der Waals surface area contributed by atoms with Gasteiger partial charge in [-0.1, -0.05) is 92.7 Å². The second-order valence-corrected chi connectivity index (χ2v) is 8.89. The van der Waals surface area contributed by atoms with Crippen LogP contribution in [0, 0.1) is 12.3 Å². The van der Waals surface area contributed by atoms with Crippen molar-refractivity contribution in [3.05, 3.63) is 101 Å². The van der Waals surface area contributed by atoms with Gasteiger partial charge in [0.25, 0.3) is 0 Å². The van der Waals surface area contributed by atoms with Gasteiger partial charge in [-0.3, -0.25) is 0 Å². The molecule has 0 fully saturated rings. The molecule has 0 saturated carbocycles. The van der Waals surface area contributed by atoms with Crippen molar-refractivity contribution in [2.45, 2.75) is 43.9 Å². The highest BCUT2D eigenvalue weighted by Crippen LogP contribution is 2.55. The van der Waals surface area contributed by atoms with Crippen LogP contribution < -0.4 is 0 Å². The molecule has 3 aromatic rings. The summed E-state index contributed by atoms with van der Waals surface area (Å²) in [5.74, 6) is 2.91. The predicted octanol–water partition coefficient (Wildman–Crippen LogP) is 6.91. The number of hydrogen-bond donors (Lipinski definition) is 0. The first-order valence-electron chi connectivity index (χ1n) is 10.5. The van der Waals surface area contributed by atoms with Crippen molar-refractivity contribution in [1.82, 2.24) is 0 Å². The molecule has 5 rings (SSSR count). The Morgan fingerprint density at radius 2 is 1.69 bits per heavy atom. The Hall–Kier alpha value is -3.04. The van der Waals surface area contributed by atoms with Gasteiger partial charge < -0.3 is 0 Å². The summed E-state index contributed by atoms with van der Waals surface area (Å²) in [7, 11) is 0. The minimum Gasteiger partial charge on any atom is -0.120 e. The monoisotopic (exact) mass is 374 g/mol. The summed E-state index contributed by atoms with van der Waals surface area (Å²) in [5.41, 5.74) is 9.71. The Balaban J connectivity index is 1.70. The zero-order valence-corrected chi connectivity index (χ0v) is 17.2.